The second-order valence-corrected chi connectivity index (χ2v) is 5.32. The van der Waals surface area contributed by atoms with E-state index in [1.807, 2.05) is 0 Å². The molecule has 1 rings (SSSR count). The third-order valence-corrected chi connectivity index (χ3v) is 3.46. The van der Waals surface area contributed by atoms with Crippen LogP contribution in [0, 0.1) is 0 Å². The zero-order valence-electron chi connectivity index (χ0n) is 9.38. The van der Waals surface area contributed by atoms with Gasteiger partial charge in [0.15, 0.2) is 5.16 Å². The topological polar surface area (TPSA) is 72.2 Å². The van der Waals surface area contributed by atoms with Crippen LogP contribution in [0.2, 0.25) is 0 Å². The number of aromatic nitrogens is 2. The summed E-state index contributed by atoms with van der Waals surface area (Å²) in [4.78, 5) is 25.1. The van der Waals surface area contributed by atoms with Crippen LogP contribution in [-0.2, 0) is 11.3 Å². The lowest BCUT2D eigenvalue weighted by Gasteiger charge is -2.11. The quantitative estimate of drug-likeness (QED) is 0.636. The average molecular weight is 314 g/mol. The number of aryl methyl sites for hydroxylation is 1. The van der Waals surface area contributed by atoms with Crippen molar-refractivity contribution in [1.29, 1.82) is 0 Å². The highest BCUT2D eigenvalue weighted by Crippen LogP contribution is 2.30. The molecule has 0 amide bonds. The van der Waals surface area contributed by atoms with Crippen molar-refractivity contribution in [3.63, 3.8) is 0 Å². The maximum atomic E-state index is 12.0. The number of hydrogen-bond donors (Lipinski definition) is 1. The van der Waals surface area contributed by atoms with E-state index in [-0.39, 0.29) is 35.0 Å². The van der Waals surface area contributed by atoms with E-state index in [1.165, 1.54) is 10.8 Å². The lowest BCUT2D eigenvalue weighted by molar-refractivity contribution is -0.133. The number of carbonyl (C=O) groups is 1. The minimum atomic E-state index is -4.32. The first-order chi connectivity index (χ1) is 8.78. The number of thioether (sulfide) groups is 2. The standard InChI is InChI=1S/C9H9F3N2O3S2/c10-9(11,12)19-4-3-14-2-1-6(15)13-8(14)18-5-7(16)17/h1-2H,3-5H2,(H,16,17). The molecule has 1 heterocycles. The number of carboxylic acid groups (broad SMARTS) is 1. The van der Waals surface area contributed by atoms with Crippen LogP contribution in [0.25, 0.3) is 0 Å². The van der Waals surface area contributed by atoms with Crippen molar-refractivity contribution in [2.24, 2.45) is 0 Å². The highest BCUT2D eigenvalue weighted by Gasteiger charge is 2.27. The first-order valence-electron chi connectivity index (χ1n) is 4.91. The number of rotatable bonds is 6. The van der Waals surface area contributed by atoms with E-state index in [4.69, 9.17) is 5.11 Å². The molecule has 0 aromatic carbocycles. The van der Waals surface area contributed by atoms with Crippen LogP contribution in [0.1, 0.15) is 0 Å². The van der Waals surface area contributed by atoms with Crippen molar-refractivity contribution in [3.8, 4) is 0 Å². The highest BCUT2D eigenvalue weighted by molar-refractivity contribution is 8.00. The Labute approximate surface area is 114 Å². The zero-order valence-corrected chi connectivity index (χ0v) is 11.0. The van der Waals surface area contributed by atoms with Gasteiger partial charge in [-0.1, -0.05) is 11.8 Å². The predicted molar refractivity (Wildman–Crippen MR) is 65.4 cm³/mol. The lowest BCUT2D eigenvalue weighted by Crippen LogP contribution is -2.16. The Hall–Kier alpha value is -1.16. The first kappa shape index (κ1) is 15.9. The van der Waals surface area contributed by atoms with Gasteiger partial charge in [-0.15, -0.1) is 0 Å². The summed E-state index contributed by atoms with van der Waals surface area (Å²) in [5.74, 6) is -1.66. The molecule has 0 aliphatic rings. The molecule has 0 bridgehead atoms. The minimum absolute atomic E-state index is 0.0145. The van der Waals surface area contributed by atoms with Crippen molar-refractivity contribution >= 4 is 29.5 Å². The zero-order chi connectivity index (χ0) is 14.5. The van der Waals surface area contributed by atoms with E-state index in [0.717, 1.165) is 17.8 Å². The van der Waals surface area contributed by atoms with Gasteiger partial charge in [0.25, 0.3) is 5.56 Å². The van der Waals surface area contributed by atoms with Gasteiger partial charge in [-0.3, -0.25) is 9.59 Å². The van der Waals surface area contributed by atoms with Gasteiger partial charge in [0.1, 0.15) is 0 Å². The Morgan fingerprint density at radius 3 is 2.74 bits per heavy atom. The molecular formula is C9H9F3N2O3S2. The van der Waals surface area contributed by atoms with Crippen LogP contribution in [0.15, 0.2) is 22.2 Å². The molecule has 0 aliphatic carbocycles. The number of halogens is 3. The number of alkyl halides is 3. The third kappa shape index (κ3) is 6.53. The van der Waals surface area contributed by atoms with Gasteiger partial charge >= 0.3 is 11.5 Å². The van der Waals surface area contributed by atoms with E-state index in [2.05, 4.69) is 4.98 Å². The molecule has 0 aliphatic heterocycles. The molecule has 0 atom stereocenters. The molecule has 5 nitrogen and oxygen atoms in total. The largest absolute Gasteiger partial charge is 0.481 e. The Morgan fingerprint density at radius 1 is 1.47 bits per heavy atom. The highest BCUT2D eigenvalue weighted by atomic mass is 32.2. The maximum absolute atomic E-state index is 12.0. The molecule has 0 spiro atoms. The Morgan fingerprint density at radius 2 is 2.16 bits per heavy atom. The second kappa shape index (κ2) is 6.85. The van der Waals surface area contributed by atoms with Crippen LogP contribution in [0.3, 0.4) is 0 Å². The van der Waals surface area contributed by atoms with Gasteiger partial charge in [-0.05, 0) is 11.8 Å². The monoisotopic (exact) mass is 314 g/mol. The molecule has 1 aromatic heterocycles. The van der Waals surface area contributed by atoms with Gasteiger partial charge in [-0.25, -0.2) is 0 Å². The predicted octanol–water partition coefficient (Wildman–Crippen LogP) is 1.67. The Balaban J connectivity index is 2.70. The van der Waals surface area contributed by atoms with Crippen LogP contribution in [-0.4, -0.2) is 37.6 Å². The van der Waals surface area contributed by atoms with Crippen molar-refractivity contribution in [2.75, 3.05) is 11.5 Å². The second-order valence-electron chi connectivity index (χ2n) is 3.22. The molecule has 10 heteroatoms. The van der Waals surface area contributed by atoms with E-state index in [9.17, 15) is 22.8 Å². The summed E-state index contributed by atoms with van der Waals surface area (Å²) in [7, 11) is 0. The molecule has 0 fully saturated rings. The van der Waals surface area contributed by atoms with E-state index in [1.54, 1.807) is 0 Å². The van der Waals surface area contributed by atoms with Gasteiger partial charge in [0.2, 0.25) is 0 Å². The summed E-state index contributed by atoms with van der Waals surface area (Å²) in [6.45, 7) is -0.0145. The molecular weight excluding hydrogens is 305 g/mol. The number of nitrogens with zero attached hydrogens (tertiary/aromatic N) is 2. The molecule has 19 heavy (non-hydrogen) atoms. The van der Waals surface area contributed by atoms with Gasteiger partial charge in [0, 0.05) is 24.6 Å². The van der Waals surface area contributed by atoms with Gasteiger partial charge < -0.3 is 9.67 Å². The van der Waals surface area contributed by atoms with Crippen molar-refractivity contribution in [3.05, 3.63) is 22.6 Å². The van der Waals surface area contributed by atoms with Crippen LogP contribution < -0.4 is 5.56 Å². The summed E-state index contributed by atoms with van der Waals surface area (Å²) < 4.78 is 37.3. The average Bonchev–Trinajstić information content (AvgIpc) is 2.27. The number of carboxylic acids is 1. The SMILES string of the molecule is O=C(O)CSc1nc(=O)ccn1CCSC(F)(F)F. The molecule has 0 unspecified atom stereocenters. The van der Waals surface area contributed by atoms with Crippen molar-refractivity contribution < 1.29 is 23.1 Å². The first-order valence-corrected chi connectivity index (χ1v) is 6.88. The minimum Gasteiger partial charge on any atom is -0.481 e. The van der Waals surface area contributed by atoms with Crippen molar-refractivity contribution in [2.45, 2.75) is 17.2 Å². The summed E-state index contributed by atoms with van der Waals surface area (Å²) in [6.07, 6.45) is 1.30. The van der Waals surface area contributed by atoms with Crippen LogP contribution >= 0.6 is 23.5 Å². The molecule has 0 saturated carbocycles. The Bertz CT molecular complexity index is 504. The molecule has 0 radical (unpaired) electrons. The normalized spacial score (nSPS) is 11.5. The molecule has 0 saturated heterocycles. The number of hydrogen-bond acceptors (Lipinski definition) is 5. The van der Waals surface area contributed by atoms with Crippen molar-refractivity contribution in [1.82, 2.24) is 9.55 Å². The Kier molecular flexibility index (Phi) is 5.73. The fourth-order valence-electron chi connectivity index (χ4n) is 1.08. The fourth-order valence-corrected chi connectivity index (χ4v) is 2.33. The van der Waals surface area contributed by atoms with Gasteiger partial charge in [0.05, 0.1) is 5.75 Å². The summed E-state index contributed by atoms with van der Waals surface area (Å²) >= 11 is 0.602. The van der Waals surface area contributed by atoms with E-state index in [0.29, 0.717) is 0 Å². The third-order valence-electron chi connectivity index (χ3n) is 1.77. The lowest BCUT2D eigenvalue weighted by atomic mass is 10.6. The van der Waals surface area contributed by atoms with E-state index >= 15 is 0 Å². The van der Waals surface area contributed by atoms with Crippen LogP contribution in [0.4, 0.5) is 13.2 Å². The fraction of sp³-hybridized carbons (Fsp3) is 0.444. The molecule has 1 aromatic rings. The maximum Gasteiger partial charge on any atom is 0.441 e. The smallest absolute Gasteiger partial charge is 0.441 e. The molecule has 106 valence electrons. The molecule has 1 N–H and O–H groups in total. The summed E-state index contributed by atoms with van der Waals surface area (Å²) in [5.41, 5.74) is -4.88. The summed E-state index contributed by atoms with van der Waals surface area (Å²) in [6, 6.07) is 1.11. The van der Waals surface area contributed by atoms with Gasteiger partial charge in [-0.2, -0.15) is 18.2 Å². The number of aliphatic carboxylic acids is 1. The van der Waals surface area contributed by atoms with Crippen LogP contribution in [0.5, 0.6) is 0 Å². The van der Waals surface area contributed by atoms with E-state index < -0.39 is 17.0 Å². The summed E-state index contributed by atoms with van der Waals surface area (Å²) in [5, 5.41) is 8.62.